The molecule has 0 atom stereocenters. The van der Waals surface area contributed by atoms with Gasteiger partial charge < -0.3 is 9.84 Å². The molecule has 0 saturated heterocycles. The SMILES string of the molecule is Cc1cc(CNc2cc(-c3cccnc3)nc(-c3ccccn3)n2)no1. The molecular formula is C19H16N6O. The number of aryl methyl sites for hydroxylation is 1. The largest absolute Gasteiger partial charge is 0.364 e. The van der Waals surface area contributed by atoms with E-state index in [1.165, 1.54) is 0 Å². The molecule has 0 saturated carbocycles. The van der Waals surface area contributed by atoms with Gasteiger partial charge in [0.15, 0.2) is 5.82 Å². The van der Waals surface area contributed by atoms with Crippen LogP contribution in [0.5, 0.6) is 0 Å². The monoisotopic (exact) mass is 344 g/mol. The van der Waals surface area contributed by atoms with Crippen LogP contribution in [0.1, 0.15) is 11.5 Å². The van der Waals surface area contributed by atoms with Crippen LogP contribution in [0.4, 0.5) is 5.82 Å². The van der Waals surface area contributed by atoms with Gasteiger partial charge in [0.25, 0.3) is 0 Å². The summed E-state index contributed by atoms with van der Waals surface area (Å²) in [6.07, 6.45) is 5.23. The Bertz CT molecular complexity index is 943. The van der Waals surface area contributed by atoms with E-state index >= 15 is 0 Å². The first kappa shape index (κ1) is 15.9. The number of nitrogens with one attached hydrogen (secondary N) is 1. The Morgan fingerprint density at radius 2 is 1.96 bits per heavy atom. The molecule has 4 rings (SSSR count). The first-order valence-electron chi connectivity index (χ1n) is 8.15. The fourth-order valence-electron chi connectivity index (χ4n) is 2.49. The van der Waals surface area contributed by atoms with Crippen LogP contribution in [0.2, 0.25) is 0 Å². The molecule has 0 fully saturated rings. The summed E-state index contributed by atoms with van der Waals surface area (Å²) in [5.74, 6) is 2.00. The summed E-state index contributed by atoms with van der Waals surface area (Å²) in [4.78, 5) is 17.8. The molecule has 4 aromatic rings. The molecule has 0 amide bonds. The summed E-state index contributed by atoms with van der Waals surface area (Å²) < 4.78 is 5.10. The number of hydrogen-bond donors (Lipinski definition) is 1. The van der Waals surface area contributed by atoms with Crippen molar-refractivity contribution in [3.8, 4) is 22.8 Å². The molecule has 7 heteroatoms. The molecule has 0 aliphatic rings. The average Bonchev–Trinajstić information content (AvgIpc) is 3.13. The van der Waals surface area contributed by atoms with E-state index in [0.717, 1.165) is 22.7 Å². The third kappa shape index (κ3) is 3.56. The first-order valence-corrected chi connectivity index (χ1v) is 8.15. The van der Waals surface area contributed by atoms with Gasteiger partial charge in [-0.25, -0.2) is 9.97 Å². The maximum Gasteiger partial charge on any atom is 0.180 e. The first-order chi connectivity index (χ1) is 12.8. The van der Waals surface area contributed by atoms with Gasteiger partial charge in [-0.3, -0.25) is 9.97 Å². The highest BCUT2D eigenvalue weighted by Crippen LogP contribution is 2.23. The third-order valence-corrected chi connectivity index (χ3v) is 3.70. The van der Waals surface area contributed by atoms with Crippen molar-refractivity contribution < 1.29 is 4.52 Å². The number of nitrogens with zero attached hydrogens (tertiary/aromatic N) is 5. The predicted molar refractivity (Wildman–Crippen MR) is 97.1 cm³/mol. The van der Waals surface area contributed by atoms with Crippen molar-refractivity contribution in [2.45, 2.75) is 13.5 Å². The van der Waals surface area contributed by atoms with Gasteiger partial charge >= 0.3 is 0 Å². The second-order valence-electron chi connectivity index (χ2n) is 5.70. The van der Waals surface area contributed by atoms with E-state index in [-0.39, 0.29) is 0 Å². The molecule has 7 nitrogen and oxygen atoms in total. The standard InChI is InChI=1S/C19H16N6O/c1-13-9-15(25-26-13)12-22-18-10-17(14-5-4-7-20-11-14)23-19(24-18)16-6-2-3-8-21-16/h2-11H,12H2,1H3,(H,22,23,24). The Morgan fingerprint density at radius 1 is 1.00 bits per heavy atom. The van der Waals surface area contributed by atoms with Crippen molar-refractivity contribution in [2.24, 2.45) is 0 Å². The van der Waals surface area contributed by atoms with E-state index in [4.69, 9.17) is 4.52 Å². The second kappa shape index (κ2) is 7.10. The lowest BCUT2D eigenvalue weighted by molar-refractivity contribution is 0.391. The zero-order chi connectivity index (χ0) is 17.8. The van der Waals surface area contributed by atoms with Gasteiger partial charge in [-0.1, -0.05) is 11.2 Å². The van der Waals surface area contributed by atoms with Gasteiger partial charge in [0, 0.05) is 36.3 Å². The van der Waals surface area contributed by atoms with E-state index in [1.807, 2.05) is 49.4 Å². The molecule has 128 valence electrons. The molecule has 4 aromatic heterocycles. The Labute approximate surface area is 150 Å². The maximum absolute atomic E-state index is 5.10. The highest BCUT2D eigenvalue weighted by molar-refractivity contribution is 5.65. The molecule has 1 N–H and O–H groups in total. The van der Waals surface area contributed by atoms with E-state index in [0.29, 0.717) is 23.9 Å². The topological polar surface area (TPSA) is 89.6 Å². The van der Waals surface area contributed by atoms with E-state index in [2.05, 4.69) is 30.4 Å². The average molecular weight is 344 g/mol. The number of anilines is 1. The molecule has 0 spiro atoms. The number of pyridine rings is 2. The van der Waals surface area contributed by atoms with Gasteiger partial charge in [0.2, 0.25) is 0 Å². The van der Waals surface area contributed by atoms with E-state index in [1.54, 1.807) is 18.6 Å². The normalized spacial score (nSPS) is 10.7. The molecule has 4 heterocycles. The minimum Gasteiger partial charge on any atom is -0.364 e. The lowest BCUT2D eigenvalue weighted by Gasteiger charge is -2.09. The zero-order valence-electron chi connectivity index (χ0n) is 14.1. The minimum atomic E-state index is 0.502. The fraction of sp³-hybridized carbons (Fsp3) is 0.105. The van der Waals surface area contributed by atoms with Crippen molar-refractivity contribution in [3.05, 3.63) is 72.5 Å². The van der Waals surface area contributed by atoms with Crippen LogP contribution in [-0.2, 0) is 6.54 Å². The molecule has 0 radical (unpaired) electrons. The molecule has 0 aliphatic heterocycles. The van der Waals surface area contributed by atoms with Crippen LogP contribution < -0.4 is 5.32 Å². The van der Waals surface area contributed by atoms with Gasteiger partial charge in [-0.15, -0.1) is 0 Å². The molecule has 0 bridgehead atoms. The number of rotatable bonds is 5. The quantitative estimate of drug-likeness (QED) is 0.592. The number of aromatic nitrogens is 5. The van der Waals surface area contributed by atoms with Crippen LogP contribution in [0.3, 0.4) is 0 Å². The van der Waals surface area contributed by atoms with Crippen LogP contribution >= 0.6 is 0 Å². The summed E-state index contributed by atoms with van der Waals surface area (Å²) in [5.41, 5.74) is 3.20. The van der Waals surface area contributed by atoms with Crippen LogP contribution in [0, 0.1) is 6.92 Å². The molecular weight excluding hydrogens is 328 g/mol. The van der Waals surface area contributed by atoms with Crippen LogP contribution in [0.15, 0.2) is 65.6 Å². The summed E-state index contributed by atoms with van der Waals surface area (Å²) in [6.45, 7) is 2.36. The van der Waals surface area contributed by atoms with E-state index in [9.17, 15) is 0 Å². The van der Waals surface area contributed by atoms with Crippen molar-refractivity contribution in [1.29, 1.82) is 0 Å². The maximum atomic E-state index is 5.10. The Kier molecular flexibility index (Phi) is 4.34. The Morgan fingerprint density at radius 3 is 2.69 bits per heavy atom. The van der Waals surface area contributed by atoms with Crippen molar-refractivity contribution in [1.82, 2.24) is 25.1 Å². The molecule has 26 heavy (non-hydrogen) atoms. The summed E-state index contributed by atoms with van der Waals surface area (Å²) in [7, 11) is 0. The minimum absolute atomic E-state index is 0.502. The lowest BCUT2D eigenvalue weighted by Crippen LogP contribution is -2.04. The van der Waals surface area contributed by atoms with Crippen LogP contribution in [0.25, 0.3) is 22.8 Å². The van der Waals surface area contributed by atoms with Gasteiger partial charge in [0.05, 0.1) is 12.2 Å². The van der Waals surface area contributed by atoms with Crippen LogP contribution in [-0.4, -0.2) is 25.1 Å². The van der Waals surface area contributed by atoms with E-state index < -0.39 is 0 Å². The summed E-state index contributed by atoms with van der Waals surface area (Å²) in [5, 5.41) is 7.26. The van der Waals surface area contributed by atoms with Crippen molar-refractivity contribution in [3.63, 3.8) is 0 Å². The van der Waals surface area contributed by atoms with Crippen molar-refractivity contribution >= 4 is 5.82 Å². The summed E-state index contributed by atoms with van der Waals surface area (Å²) >= 11 is 0. The fourth-order valence-corrected chi connectivity index (χ4v) is 2.49. The second-order valence-corrected chi connectivity index (χ2v) is 5.70. The Hall–Kier alpha value is -3.61. The van der Waals surface area contributed by atoms with Crippen molar-refractivity contribution in [2.75, 3.05) is 5.32 Å². The van der Waals surface area contributed by atoms with Gasteiger partial charge in [-0.05, 0) is 31.2 Å². The molecule has 0 unspecified atom stereocenters. The van der Waals surface area contributed by atoms with Gasteiger partial charge in [0.1, 0.15) is 23.0 Å². The Balaban J connectivity index is 1.70. The molecule has 0 aromatic carbocycles. The highest BCUT2D eigenvalue weighted by atomic mass is 16.5. The number of hydrogen-bond acceptors (Lipinski definition) is 7. The lowest BCUT2D eigenvalue weighted by atomic mass is 10.2. The zero-order valence-corrected chi connectivity index (χ0v) is 14.1. The highest BCUT2D eigenvalue weighted by Gasteiger charge is 2.10. The predicted octanol–water partition coefficient (Wildman–Crippen LogP) is 3.51. The smallest absolute Gasteiger partial charge is 0.180 e. The summed E-state index contributed by atoms with van der Waals surface area (Å²) in [6, 6.07) is 13.3. The third-order valence-electron chi connectivity index (χ3n) is 3.70. The van der Waals surface area contributed by atoms with Gasteiger partial charge in [-0.2, -0.15) is 0 Å². The molecule has 0 aliphatic carbocycles.